The Morgan fingerprint density at radius 1 is 1.33 bits per heavy atom. The van der Waals surface area contributed by atoms with Crippen LogP contribution in [0.15, 0.2) is 28.7 Å². The van der Waals surface area contributed by atoms with Crippen LogP contribution in [0, 0.1) is 5.92 Å². The monoisotopic (exact) mass is 309 g/mol. The van der Waals surface area contributed by atoms with Gasteiger partial charge in [0, 0.05) is 10.5 Å². The molecule has 1 nitrogen and oxygen atoms in total. The summed E-state index contributed by atoms with van der Waals surface area (Å²) in [6.45, 7) is 3.29. The Kier molecular flexibility index (Phi) is 5.71. The van der Waals surface area contributed by atoms with E-state index in [0.717, 1.165) is 18.9 Å². The molecule has 1 atom stereocenters. The average Bonchev–Trinajstić information content (AvgIpc) is 2.82. The first-order valence-electron chi connectivity index (χ1n) is 7.25. The van der Waals surface area contributed by atoms with Crippen LogP contribution in [-0.2, 0) is 6.42 Å². The number of hydrogen-bond acceptors (Lipinski definition) is 1. The lowest BCUT2D eigenvalue weighted by atomic mass is 9.94. The molecular weight excluding hydrogens is 286 g/mol. The Hall–Kier alpha value is -0.340. The maximum Gasteiger partial charge on any atom is 0.0178 e. The van der Waals surface area contributed by atoms with Gasteiger partial charge in [-0.25, -0.2) is 0 Å². The van der Waals surface area contributed by atoms with E-state index in [0.29, 0.717) is 6.04 Å². The topological polar surface area (TPSA) is 12.0 Å². The van der Waals surface area contributed by atoms with Gasteiger partial charge in [-0.2, -0.15) is 0 Å². The van der Waals surface area contributed by atoms with Crippen LogP contribution in [0.3, 0.4) is 0 Å². The summed E-state index contributed by atoms with van der Waals surface area (Å²) in [7, 11) is 0. The molecule has 2 heteroatoms. The molecule has 0 aliphatic heterocycles. The summed E-state index contributed by atoms with van der Waals surface area (Å²) in [5.74, 6) is 0.959. The summed E-state index contributed by atoms with van der Waals surface area (Å²) in [6, 6.07) is 9.37. The minimum atomic E-state index is 0.646. The molecule has 100 valence electrons. The molecule has 18 heavy (non-hydrogen) atoms. The molecule has 0 heterocycles. The van der Waals surface area contributed by atoms with E-state index in [2.05, 4.69) is 52.4 Å². The van der Waals surface area contributed by atoms with E-state index in [1.54, 1.807) is 0 Å². The minimum Gasteiger partial charge on any atom is -0.314 e. The molecule has 0 bridgehead atoms. The van der Waals surface area contributed by atoms with Gasteiger partial charge in [0.1, 0.15) is 0 Å². The van der Waals surface area contributed by atoms with Crippen molar-refractivity contribution >= 4 is 15.9 Å². The highest BCUT2D eigenvalue weighted by molar-refractivity contribution is 9.10. The predicted molar refractivity (Wildman–Crippen MR) is 81.9 cm³/mol. The van der Waals surface area contributed by atoms with Crippen molar-refractivity contribution in [2.75, 3.05) is 6.54 Å². The van der Waals surface area contributed by atoms with Crippen LogP contribution in [0.25, 0.3) is 0 Å². The summed E-state index contributed by atoms with van der Waals surface area (Å²) in [4.78, 5) is 0. The molecule has 1 aromatic rings. The Balaban J connectivity index is 1.92. The van der Waals surface area contributed by atoms with Crippen LogP contribution in [-0.4, -0.2) is 12.6 Å². The van der Waals surface area contributed by atoms with Crippen molar-refractivity contribution in [1.29, 1.82) is 0 Å². The number of likely N-dealkylation sites (N-methyl/N-ethyl adjacent to an activating group) is 1. The molecule has 1 aliphatic carbocycles. The third-order valence-corrected chi connectivity index (χ3v) is 4.45. The zero-order valence-corrected chi connectivity index (χ0v) is 12.9. The first-order chi connectivity index (χ1) is 8.78. The second-order valence-corrected chi connectivity index (χ2v) is 6.39. The molecule has 1 aromatic carbocycles. The fraction of sp³-hybridized carbons (Fsp3) is 0.625. The number of rotatable bonds is 6. The molecule has 1 fully saturated rings. The SMILES string of the molecule is CCNC(Cc1cccc(Br)c1)CC1CCCC1. The molecule has 0 aromatic heterocycles. The van der Waals surface area contributed by atoms with Gasteiger partial charge >= 0.3 is 0 Å². The molecule has 1 unspecified atom stereocenters. The van der Waals surface area contributed by atoms with Crippen molar-refractivity contribution in [3.63, 3.8) is 0 Å². The van der Waals surface area contributed by atoms with Gasteiger partial charge < -0.3 is 5.32 Å². The minimum absolute atomic E-state index is 0.646. The summed E-state index contributed by atoms with van der Waals surface area (Å²) >= 11 is 3.56. The Morgan fingerprint density at radius 3 is 2.78 bits per heavy atom. The average molecular weight is 310 g/mol. The lowest BCUT2D eigenvalue weighted by Gasteiger charge is -2.21. The molecule has 0 saturated heterocycles. The quantitative estimate of drug-likeness (QED) is 0.813. The van der Waals surface area contributed by atoms with Crippen molar-refractivity contribution in [2.45, 2.75) is 51.5 Å². The van der Waals surface area contributed by atoms with Crippen LogP contribution in [0.5, 0.6) is 0 Å². The van der Waals surface area contributed by atoms with E-state index in [1.807, 2.05) is 0 Å². The molecule has 0 spiro atoms. The Labute approximate surface area is 119 Å². The first kappa shape index (κ1) is 14.1. The highest BCUT2D eigenvalue weighted by atomic mass is 79.9. The van der Waals surface area contributed by atoms with E-state index < -0.39 is 0 Å². The van der Waals surface area contributed by atoms with Gasteiger partial charge in [-0.05, 0) is 43.0 Å². The van der Waals surface area contributed by atoms with Crippen molar-refractivity contribution < 1.29 is 0 Å². The first-order valence-corrected chi connectivity index (χ1v) is 8.05. The molecule has 0 radical (unpaired) electrons. The predicted octanol–water partition coefficient (Wildman–Crippen LogP) is 4.55. The Morgan fingerprint density at radius 2 is 2.11 bits per heavy atom. The molecule has 1 aliphatic rings. The van der Waals surface area contributed by atoms with Crippen molar-refractivity contribution in [3.05, 3.63) is 34.3 Å². The number of halogens is 1. The van der Waals surface area contributed by atoms with Crippen molar-refractivity contribution in [1.82, 2.24) is 5.32 Å². The van der Waals surface area contributed by atoms with Crippen LogP contribution in [0.4, 0.5) is 0 Å². The van der Waals surface area contributed by atoms with E-state index >= 15 is 0 Å². The second kappa shape index (κ2) is 7.30. The van der Waals surface area contributed by atoms with Gasteiger partial charge in [0.2, 0.25) is 0 Å². The molecule has 2 rings (SSSR count). The highest BCUT2D eigenvalue weighted by Crippen LogP contribution is 2.29. The summed E-state index contributed by atoms with van der Waals surface area (Å²) < 4.78 is 1.19. The summed E-state index contributed by atoms with van der Waals surface area (Å²) in [5.41, 5.74) is 1.44. The fourth-order valence-corrected chi connectivity index (χ4v) is 3.57. The van der Waals surface area contributed by atoms with E-state index in [1.165, 1.54) is 42.1 Å². The number of hydrogen-bond donors (Lipinski definition) is 1. The smallest absolute Gasteiger partial charge is 0.0178 e. The van der Waals surface area contributed by atoms with Gasteiger partial charge in [-0.3, -0.25) is 0 Å². The molecule has 1 N–H and O–H groups in total. The number of benzene rings is 1. The van der Waals surface area contributed by atoms with Crippen molar-refractivity contribution in [2.24, 2.45) is 5.92 Å². The van der Waals surface area contributed by atoms with Gasteiger partial charge in [-0.15, -0.1) is 0 Å². The zero-order chi connectivity index (χ0) is 12.8. The van der Waals surface area contributed by atoms with Gasteiger partial charge in [0.05, 0.1) is 0 Å². The Bertz CT molecular complexity index is 358. The maximum atomic E-state index is 3.66. The highest BCUT2D eigenvalue weighted by Gasteiger charge is 2.19. The summed E-state index contributed by atoms with van der Waals surface area (Å²) in [6.07, 6.45) is 8.28. The lowest BCUT2D eigenvalue weighted by molar-refractivity contribution is 0.390. The van der Waals surface area contributed by atoms with Gasteiger partial charge in [0.25, 0.3) is 0 Å². The van der Waals surface area contributed by atoms with Gasteiger partial charge in [0.15, 0.2) is 0 Å². The molecule has 0 amide bonds. The third kappa shape index (κ3) is 4.40. The van der Waals surface area contributed by atoms with E-state index in [-0.39, 0.29) is 0 Å². The van der Waals surface area contributed by atoms with Crippen LogP contribution < -0.4 is 5.32 Å². The third-order valence-electron chi connectivity index (χ3n) is 3.96. The lowest BCUT2D eigenvalue weighted by Crippen LogP contribution is -2.32. The summed E-state index contributed by atoms with van der Waals surface area (Å²) in [5, 5.41) is 3.66. The van der Waals surface area contributed by atoms with E-state index in [9.17, 15) is 0 Å². The standard InChI is InChI=1S/C16H24BrN/c1-2-18-16(11-13-6-3-4-7-13)12-14-8-5-9-15(17)10-14/h5,8-10,13,16,18H,2-4,6-7,11-12H2,1H3. The number of nitrogens with one attached hydrogen (secondary N) is 1. The maximum absolute atomic E-state index is 3.66. The van der Waals surface area contributed by atoms with Crippen LogP contribution in [0.2, 0.25) is 0 Å². The largest absolute Gasteiger partial charge is 0.314 e. The van der Waals surface area contributed by atoms with Crippen LogP contribution in [0.1, 0.15) is 44.6 Å². The molecular formula is C16H24BrN. The molecule has 1 saturated carbocycles. The van der Waals surface area contributed by atoms with Crippen molar-refractivity contribution in [3.8, 4) is 0 Å². The normalized spacial score (nSPS) is 18.1. The second-order valence-electron chi connectivity index (χ2n) is 5.47. The zero-order valence-electron chi connectivity index (χ0n) is 11.3. The fourth-order valence-electron chi connectivity index (χ4n) is 3.12. The van der Waals surface area contributed by atoms with Gasteiger partial charge in [-0.1, -0.05) is 60.7 Å². The van der Waals surface area contributed by atoms with Crippen LogP contribution >= 0.6 is 15.9 Å². The van der Waals surface area contributed by atoms with E-state index in [4.69, 9.17) is 0 Å².